The molecule has 1 amide bonds. The van der Waals surface area contributed by atoms with Gasteiger partial charge in [-0.25, -0.2) is 13.1 Å². The first kappa shape index (κ1) is 17.9. The van der Waals surface area contributed by atoms with Crippen LogP contribution in [0.15, 0.2) is 23.1 Å². The van der Waals surface area contributed by atoms with Crippen molar-refractivity contribution in [1.29, 1.82) is 0 Å². The molecule has 2 rings (SSSR count). The average molecular weight is 338 g/mol. The Morgan fingerprint density at radius 1 is 1.09 bits per heavy atom. The molecule has 0 atom stereocenters. The van der Waals surface area contributed by atoms with E-state index in [-0.39, 0.29) is 16.8 Å². The second-order valence-corrected chi connectivity index (χ2v) is 8.01. The van der Waals surface area contributed by atoms with E-state index < -0.39 is 10.0 Å². The molecule has 23 heavy (non-hydrogen) atoms. The lowest BCUT2D eigenvalue weighted by molar-refractivity contribution is -0.114. The summed E-state index contributed by atoms with van der Waals surface area (Å²) in [5, 5.41) is 2.64. The zero-order valence-corrected chi connectivity index (χ0v) is 14.7. The number of nitrogens with one attached hydrogen (secondary N) is 2. The van der Waals surface area contributed by atoms with E-state index in [4.69, 9.17) is 0 Å². The van der Waals surface area contributed by atoms with Crippen LogP contribution in [0.3, 0.4) is 0 Å². The summed E-state index contributed by atoms with van der Waals surface area (Å²) in [4.78, 5) is 11.4. The molecular weight excluding hydrogens is 312 g/mol. The smallest absolute Gasteiger partial charge is 0.241 e. The van der Waals surface area contributed by atoms with Gasteiger partial charge in [0.1, 0.15) is 0 Å². The van der Waals surface area contributed by atoms with Crippen LogP contribution in [0.5, 0.6) is 0 Å². The monoisotopic (exact) mass is 338 g/mol. The number of benzene rings is 1. The summed E-state index contributed by atoms with van der Waals surface area (Å²) in [6.07, 6.45) is 7.52. The quantitative estimate of drug-likeness (QED) is 0.884. The highest BCUT2D eigenvalue weighted by Crippen LogP contribution is 2.23. The van der Waals surface area contributed by atoms with Crippen molar-refractivity contribution in [1.82, 2.24) is 4.72 Å². The van der Waals surface area contributed by atoms with Crippen LogP contribution in [0, 0.1) is 6.92 Å². The SMILES string of the molecule is CC(=O)Nc1ccc(C)c(S(=O)(=O)NC2CCCCCCC2)c1. The van der Waals surface area contributed by atoms with Gasteiger partial charge >= 0.3 is 0 Å². The molecule has 1 aromatic carbocycles. The zero-order valence-electron chi connectivity index (χ0n) is 13.9. The average Bonchev–Trinajstić information content (AvgIpc) is 2.43. The summed E-state index contributed by atoms with van der Waals surface area (Å²) in [5.74, 6) is -0.217. The van der Waals surface area contributed by atoms with Crippen molar-refractivity contribution < 1.29 is 13.2 Å². The molecule has 0 unspecified atom stereocenters. The van der Waals surface area contributed by atoms with E-state index in [2.05, 4.69) is 10.0 Å². The van der Waals surface area contributed by atoms with E-state index in [0.717, 1.165) is 25.7 Å². The summed E-state index contributed by atoms with van der Waals surface area (Å²) in [6, 6.07) is 4.97. The predicted molar refractivity (Wildman–Crippen MR) is 91.9 cm³/mol. The van der Waals surface area contributed by atoms with E-state index in [0.29, 0.717) is 11.3 Å². The van der Waals surface area contributed by atoms with Crippen molar-refractivity contribution in [3.8, 4) is 0 Å². The largest absolute Gasteiger partial charge is 0.326 e. The summed E-state index contributed by atoms with van der Waals surface area (Å²) in [7, 11) is -3.58. The van der Waals surface area contributed by atoms with Gasteiger partial charge < -0.3 is 5.32 Å². The van der Waals surface area contributed by atoms with Crippen LogP contribution in [0.4, 0.5) is 5.69 Å². The van der Waals surface area contributed by atoms with Crippen LogP contribution in [0.2, 0.25) is 0 Å². The van der Waals surface area contributed by atoms with Gasteiger partial charge in [0.15, 0.2) is 0 Å². The van der Waals surface area contributed by atoms with Gasteiger partial charge in [0, 0.05) is 18.7 Å². The predicted octanol–water partition coefficient (Wildman–Crippen LogP) is 3.34. The normalized spacial score (nSPS) is 17.3. The number of carbonyl (C=O) groups excluding carboxylic acids is 1. The molecule has 0 saturated heterocycles. The van der Waals surface area contributed by atoms with Crippen molar-refractivity contribution in [2.24, 2.45) is 0 Å². The first-order valence-corrected chi connectivity index (χ1v) is 9.77. The number of aryl methyl sites for hydroxylation is 1. The number of hydrogen-bond donors (Lipinski definition) is 2. The first-order chi connectivity index (χ1) is 10.9. The highest BCUT2D eigenvalue weighted by molar-refractivity contribution is 7.89. The molecule has 2 N–H and O–H groups in total. The lowest BCUT2D eigenvalue weighted by Crippen LogP contribution is -2.35. The fourth-order valence-electron chi connectivity index (χ4n) is 3.03. The Kier molecular flexibility index (Phi) is 6.18. The van der Waals surface area contributed by atoms with Crippen molar-refractivity contribution in [3.63, 3.8) is 0 Å². The molecule has 6 heteroatoms. The molecule has 0 spiro atoms. The number of hydrogen-bond acceptors (Lipinski definition) is 3. The van der Waals surface area contributed by atoms with Crippen LogP contribution in [0.1, 0.15) is 57.4 Å². The molecule has 1 saturated carbocycles. The van der Waals surface area contributed by atoms with Gasteiger partial charge in [-0.05, 0) is 37.5 Å². The standard InChI is InChI=1S/C17H26N2O3S/c1-13-10-11-16(18-14(2)20)12-17(13)23(21,22)19-15-8-6-4-3-5-7-9-15/h10-12,15,19H,3-9H2,1-2H3,(H,18,20). The Morgan fingerprint density at radius 3 is 2.30 bits per heavy atom. The van der Waals surface area contributed by atoms with E-state index in [9.17, 15) is 13.2 Å². The molecule has 0 aromatic heterocycles. The van der Waals surface area contributed by atoms with Gasteiger partial charge in [0.05, 0.1) is 4.90 Å². The molecule has 1 aromatic rings. The molecule has 0 bridgehead atoms. The van der Waals surface area contributed by atoms with Crippen molar-refractivity contribution >= 4 is 21.6 Å². The Balaban J connectivity index is 2.18. The van der Waals surface area contributed by atoms with Gasteiger partial charge in [-0.1, -0.05) is 38.2 Å². The van der Waals surface area contributed by atoms with E-state index in [1.54, 1.807) is 19.1 Å². The maximum absolute atomic E-state index is 12.7. The number of anilines is 1. The highest BCUT2D eigenvalue weighted by atomic mass is 32.2. The molecule has 128 valence electrons. The maximum Gasteiger partial charge on any atom is 0.241 e. The van der Waals surface area contributed by atoms with Gasteiger partial charge in [-0.3, -0.25) is 4.79 Å². The number of sulfonamides is 1. The molecule has 1 fully saturated rings. The Morgan fingerprint density at radius 2 is 1.70 bits per heavy atom. The lowest BCUT2D eigenvalue weighted by Gasteiger charge is -2.21. The second-order valence-electron chi connectivity index (χ2n) is 6.32. The minimum Gasteiger partial charge on any atom is -0.326 e. The summed E-state index contributed by atoms with van der Waals surface area (Å²) in [6.45, 7) is 3.17. The summed E-state index contributed by atoms with van der Waals surface area (Å²) >= 11 is 0. The fraction of sp³-hybridized carbons (Fsp3) is 0.588. The third-order valence-corrected chi connectivity index (χ3v) is 5.89. The van der Waals surface area contributed by atoms with Gasteiger partial charge in [0.2, 0.25) is 15.9 Å². The zero-order chi connectivity index (χ0) is 16.9. The summed E-state index contributed by atoms with van der Waals surface area (Å²) < 4.78 is 28.3. The third-order valence-electron chi connectivity index (χ3n) is 4.23. The topological polar surface area (TPSA) is 75.3 Å². The molecule has 1 aliphatic carbocycles. The minimum atomic E-state index is -3.58. The third kappa shape index (κ3) is 5.32. The van der Waals surface area contributed by atoms with Crippen molar-refractivity contribution in [3.05, 3.63) is 23.8 Å². The molecule has 0 heterocycles. The number of amides is 1. The Hall–Kier alpha value is -1.40. The molecule has 1 aliphatic rings. The van der Waals surface area contributed by atoms with Crippen LogP contribution in [-0.2, 0) is 14.8 Å². The van der Waals surface area contributed by atoms with Gasteiger partial charge in [0.25, 0.3) is 0 Å². The highest BCUT2D eigenvalue weighted by Gasteiger charge is 2.22. The van der Waals surface area contributed by atoms with Crippen LogP contribution in [-0.4, -0.2) is 20.4 Å². The Labute approximate surface area is 138 Å². The van der Waals surface area contributed by atoms with Gasteiger partial charge in [-0.2, -0.15) is 0 Å². The van der Waals surface area contributed by atoms with E-state index >= 15 is 0 Å². The summed E-state index contributed by atoms with van der Waals surface area (Å²) in [5.41, 5.74) is 1.18. The first-order valence-electron chi connectivity index (χ1n) is 8.29. The van der Waals surface area contributed by atoms with Crippen LogP contribution >= 0.6 is 0 Å². The van der Waals surface area contributed by atoms with E-state index in [1.165, 1.54) is 32.3 Å². The lowest BCUT2D eigenvalue weighted by atomic mass is 9.97. The van der Waals surface area contributed by atoms with Gasteiger partial charge in [-0.15, -0.1) is 0 Å². The fourth-order valence-corrected chi connectivity index (χ4v) is 4.60. The van der Waals surface area contributed by atoms with E-state index in [1.807, 2.05) is 0 Å². The molecule has 5 nitrogen and oxygen atoms in total. The maximum atomic E-state index is 12.7. The molecule has 0 radical (unpaired) electrons. The van der Waals surface area contributed by atoms with Crippen molar-refractivity contribution in [2.45, 2.75) is 69.7 Å². The molecular formula is C17H26N2O3S. The second kappa shape index (κ2) is 7.93. The van der Waals surface area contributed by atoms with Crippen molar-refractivity contribution in [2.75, 3.05) is 5.32 Å². The Bertz CT molecular complexity index is 648. The molecule has 0 aliphatic heterocycles. The number of carbonyl (C=O) groups is 1. The number of rotatable bonds is 4. The minimum absolute atomic E-state index is 0.00382. The van der Waals surface area contributed by atoms with Crippen LogP contribution in [0.25, 0.3) is 0 Å². The van der Waals surface area contributed by atoms with Crippen LogP contribution < -0.4 is 10.0 Å².